The Morgan fingerprint density at radius 1 is 1.00 bits per heavy atom. The molecule has 0 aliphatic carbocycles. The standard InChI is InChI=1S/C21H16Cl2N2O2/c22-17-10-9-16(18(23)13-17)12-19(25-11-5-4-8-20(25)26)21(27)24-14-15-6-2-1-3-7-15/h1-13H,14H2,(H,24,27). The molecule has 1 aromatic heterocycles. The second kappa shape index (κ2) is 8.71. The average Bonchev–Trinajstić information content (AvgIpc) is 2.67. The Kier molecular flexibility index (Phi) is 6.12. The zero-order chi connectivity index (χ0) is 19.2. The van der Waals surface area contributed by atoms with Crippen LogP contribution in [0.1, 0.15) is 11.1 Å². The van der Waals surface area contributed by atoms with Gasteiger partial charge in [-0.2, -0.15) is 0 Å². The quantitative estimate of drug-likeness (QED) is 0.644. The molecule has 0 atom stereocenters. The molecule has 0 spiro atoms. The Bertz CT molecular complexity index is 1040. The molecule has 6 heteroatoms. The molecule has 0 saturated carbocycles. The van der Waals surface area contributed by atoms with Gasteiger partial charge < -0.3 is 5.32 Å². The smallest absolute Gasteiger partial charge is 0.268 e. The minimum Gasteiger partial charge on any atom is -0.347 e. The summed E-state index contributed by atoms with van der Waals surface area (Å²) in [5, 5.41) is 3.72. The highest BCUT2D eigenvalue weighted by molar-refractivity contribution is 6.36. The molecule has 0 unspecified atom stereocenters. The fourth-order valence-corrected chi connectivity index (χ4v) is 2.97. The zero-order valence-corrected chi connectivity index (χ0v) is 15.7. The third-order valence-corrected chi connectivity index (χ3v) is 4.43. The number of carbonyl (C=O) groups is 1. The fourth-order valence-electron chi connectivity index (χ4n) is 2.51. The number of benzene rings is 2. The molecule has 1 amide bonds. The Labute approximate surface area is 166 Å². The molecule has 3 rings (SSSR count). The Hall–Kier alpha value is -2.82. The van der Waals surface area contributed by atoms with Crippen LogP contribution in [0.3, 0.4) is 0 Å². The van der Waals surface area contributed by atoms with E-state index in [2.05, 4.69) is 5.32 Å². The first-order valence-corrected chi connectivity index (χ1v) is 8.97. The molecule has 2 aromatic carbocycles. The molecule has 0 bridgehead atoms. The van der Waals surface area contributed by atoms with Crippen LogP contribution in [0.2, 0.25) is 10.0 Å². The van der Waals surface area contributed by atoms with Crippen molar-refractivity contribution in [2.24, 2.45) is 0 Å². The highest BCUT2D eigenvalue weighted by atomic mass is 35.5. The SMILES string of the molecule is O=C(NCc1ccccc1)C(=Cc1ccc(Cl)cc1Cl)n1ccccc1=O. The van der Waals surface area contributed by atoms with E-state index in [0.717, 1.165) is 5.56 Å². The van der Waals surface area contributed by atoms with E-state index in [1.807, 2.05) is 30.3 Å². The summed E-state index contributed by atoms with van der Waals surface area (Å²) in [5.41, 5.74) is 1.39. The van der Waals surface area contributed by atoms with Gasteiger partial charge in [0.2, 0.25) is 0 Å². The van der Waals surface area contributed by atoms with E-state index in [1.54, 1.807) is 42.6 Å². The second-order valence-corrected chi connectivity index (χ2v) is 6.62. The van der Waals surface area contributed by atoms with Crippen molar-refractivity contribution >= 4 is 40.9 Å². The molecule has 0 saturated heterocycles. The molecule has 0 aliphatic rings. The summed E-state index contributed by atoms with van der Waals surface area (Å²) >= 11 is 12.2. The summed E-state index contributed by atoms with van der Waals surface area (Å²) in [6.45, 7) is 0.340. The Balaban J connectivity index is 1.97. The van der Waals surface area contributed by atoms with Gasteiger partial charge in [-0.05, 0) is 35.4 Å². The van der Waals surface area contributed by atoms with Crippen LogP contribution in [0, 0.1) is 0 Å². The molecule has 136 valence electrons. The number of nitrogens with zero attached hydrogens (tertiary/aromatic N) is 1. The van der Waals surface area contributed by atoms with Gasteiger partial charge in [0.15, 0.2) is 0 Å². The highest BCUT2D eigenvalue weighted by Gasteiger charge is 2.14. The van der Waals surface area contributed by atoms with Crippen molar-refractivity contribution in [3.8, 4) is 0 Å². The molecule has 0 fully saturated rings. The summed E-state index contributed by atoms with van der Waals surface area (Å²) < 4.78 is 1.28. The molecule has 3 aromatic rings. The van der Waals surface area contributed by atoms with Crippen LogP contribution in [-0.2, 0) is 11.3 Å². The Morgan fingerprint density at radius 3 is 2.44 bits per heavy atom. The van der Waals surface area contributed by atoms with E-state index in [-0.39, 0.29) is 11.3 Å². The third-order valence-electron chi connectivity index (χ3n) is 3.87. The lowest BCUT2D eigenvalue weighted by molar-refractivity contribution is -0.116. The maximum absolute atomic E-state index is 12.8. The van der Waals surface area contributed by atoms with E-state index in [1.165, 1.54) is 10.6 Å². The molecular formula is C21H16Cl2N2O2. The molecular weight excluding hydrogens is 383 g/mol. The summed E-state index contributed by atoms with van der Waals surface area (Å²) in [6.07, 6.45) is 3.11. The summed E-state index contributed by atoms with van der Waals surface area (Å²) in [5.74, 6) is -0.391. The van der Waals surface area contributed by atoms with Gasteiger partial charge >= 0.3 is 0 Å². The number of halogens is 2. The molecule has 0 radical (unpaired) electrons. The second-order valence-electron chi connectivity index (χ2n) is 5.77. The van der Waals surface area contributed by atoms with Gasteiger partial charge in [0, 0.05) is 28.9 Å². The number of hydrogen-bond acceptors (Lipinski definition) is 2. The van der Waals surface area contributed by atoms with Crippen molar-refractivity contribution in [3.63, 3.8) is 0 Å². The van der Waals surface area contributed by atoms with Crippen LogP contribution < -0.4 is 10.9 Å². The third kappa shape index (κ3) is 4.88. The molecule has 4 nitrogen and oxygen atoms in total. The van der Waals surface area contributed by atoms with Crippen LogP contribution in [0.5, 0.6) is 0 Å². The molecule has 27 heavy (non-hydrogen) atoms. The summed E-state index contributed by atoms with van der Waals surface area (Å²) in [7, 11) is 0. The van der Waals surface area contributed by atoms with E-state index in [4.69, 9.17) is 23.2 Å². The number of nitrogens with one attached hydrogen (secondary N) is 1. The number of carbonyl (C=O) groups excluding carboxylic acids is 1. The first-order valence-electron chi connectivity index (χ1n) is 8.21. The van der Waals surface area contributed by atoms with Gasteiger partial charge in [0.25, 0.3) is 11.5 Å². The largest absolute Gasteiger partial charge is 0.347 e. The summed E-state index contributed by atoms with van der Waals surface area (Å²) in [6, 6.07) is 19.2. The number of rotatable bonds is 5. The maximum Gasteiger partial charge on any atom is 0.268 e. The summed E-state index contributed by atoms with van der Waals surface area (Å²) in [4.78, 5) is 25.1. The Morgan fingerprint density at radius 2 is 1.74 bits per heavy atom. The molecule has 1 heterocycles. The number of aromatic nitrogens is 1. The van der Waals surface area contributed by atoms with Gasteiger partial charge in [0.1, 0.15) is 5.70 Å². The van der Waals surface area contributed by atoms with Gasteiger partial charge in [-0.25, -0.2) is 0 Å². The van der Waals surface area contributed by atoms with Gasteiger partial charge in [-0.3, -0.25) is 14.2 Å². The first-order chi connectivity index (χ1) is 13.0. The van der Waals surface area contributed by atoms with E-state index >= 15 is 0 Å². The predicted molar refractivity (Wildman–Crippen MR) is 110 cm³/mol. The molecule has 0 aliphatic heterocycles. The zero-order valence-electron chi connectivity index (χ0n) is 14.2. The van der Waals surface area contributed by atoms with Crippen molar-refractivity contribution < 1.29 is 4.79 Å². The minimum atomic E-state index is -0.391. The van der Waals surface area contributed by atoms with Crippen molar-refractivity contribution in [3.05, 3.63) is 104 Å². The van der Waals surface area contributed by atoms with Gasteiger partial charge in [0.05, 0.1) is 0 Å². The maximum atomic E-state index is 12.8. The van der Waals surface area contributed by atoms with Crippen LogP contribution in [0.25, 0.3) is 11.8 Å². The lowest BCUT2D eigenvalue weighted by atomic mass is 10.1. The highest BCUT2D eigenvalue weighted by Crippen LogP contribution is 2.24. The van der Waals surface area contributed by atoms with Crippen LogP contribution in [0.4, 0.5) is 0 Å². The molecule has 1 N–H and O–H groups in total. The van der Waals surface area contributed by atoms with Crippen molar-refractivity contribution in [1.29, 1.82) is 0 Å². The minimum absolute atomic E-state index is 0.167. The predicted octanol–water partition coefficient (Wildman–Crippen LogP) is 4.47. The lowest BCUT2D eigenvalue weighted by Gasteiger charge is -2.12. The van der Waals surface area contributed by atoms with Gasteiger partial charge in [-0.1, -0.05) is 65.7 Å². The van der Waals surface area contributed by atoms with Crippen molar-refractivity contribution in [1.82, 2.24) is 9.88 Å². The normalized spacial score (nSPS) is 11.3. The topological polar surface area (TPSA) is 51.1 Å². The number of pyridine rings is 1. The van der Waals surface area contributed by atoms with E-state index < -0.39 is 5.91 Å². The average molecular weight is 399 g/mol. The monoisotopic (exact) mass is 398 g/mol. The fraction of sp³-hybridized carbons (Fsp3) is 0.0476. The van der Waals surface area contributed by atoms with E-state index in [9.17, 15) is 9.59 Å². The number of amides is 1. The van der Waals surface area contributed by atoms with Crippen LogP contribution in [0.15, 0.2) is 77.7 Å². The van der Waals surface area contributed by atoms with Crippen molar-refractivity contribution in [2.45, 2.75) is 6.54 Å². The van der Waals surface area contributed by atoms with Crippen molar-refractivity contribution in [2.75, 3.05) is 0 Å². The number of hydrogen-bond donors (Lipinski definition) is 1. The van der Waals surface area contributed by atoms with Crippen LogP contribution in [-0.4, -0.2) is 10.5 Å². The van der Waals surface area contributed by atoms with E-state index in [0.29, 0.717) is 22.2 Å². The lowest BCUT2D eigenvalue weighted by Crippen LogP contribution is -2.30. The van der Waals surface area contributed by atoms with Crippen LogP contribution >= 0.6 is 23.2 Å². The van der Waals surface area contributed by atoms with Gasteiger partial charge in [-0.15, -0.1) is 0 Å². The first kappa shape index (κ1) is 19.0.